The smallest absolute Gasteiger partial charge is 0.154 e. The van der Waals surface area contributed by atoms with Gasteiger partial charge in [-0.3, -0.25) is 0 Å². The highest BCUT2D eigenvalue weighted by molar-refractivity contribution is 5.86. The molecule has 0 spiro atoms. The number of rotatable bonds is 4. The van der Waals surface area contributed by atoms with Crippen LogP contribution in [0.5, 0.6) is 5.75 Å². The Morgan fingerprint density at radius 3 is 2.82 bits per heavy atom. The van der Waals surface area contributed by atoms with E-state index in [4.69, 9.17) is 9.84 Å². The van der Waals surface area contributed by atoms with Crippen LogP contribution in [0.1, 0.15) is 25.7 Å². The zero-order valence-electron chi connectivity index (χ0n) is 15.7. The average molecular weight is 377 g/mol. The zero-order chi connectivity index (χ0) is 19.1. The van der Waals surface area contributed by atoms with Crippen LogP contribution in [0.3, 0.4) is 0 Å². The van der Waals surface area contributed by atoms with Gasteiger partial charge in [-0.05, 0) is 56.0 Å². The van der Waals surface area contributed by atoms with Crippen LogP contribution < -0.4 is 10.1 Å². The van der Waals surface area contributed by atoms with Crippen molar-refractivity contribution in [2.45, 2.75) is 37.8 Å². The van der Waals surface area contributed by atoms with Gasteiger partial charge in [0.15, 0.2) is 5.65 Å². The number of fused-ring (bicyclic) bond motifs is 2. The SMILES string of the molecule is COc1ccc2cc(-c3cnc4ccc(NC5CCC(O)CC5)nn34)[nH]c2c1. The van der Waals surface area contributed by atoms with Crippen LogP contribution in [0.25, 0.3) is 27.9 Å². The van der Waals surface area contributed by atoms with Gasteiger partial charge in [0.1, 0.15) is 17.3 Å². The van der Waals surface area contributed by atoms with Crippen molar-refractivity contribution in [3.05, 3.63) is 42.6 Å². The number of ether oxygens (including phenoxy) is 1. The monoisotopic (exact) mass is 377 g/mol. The summed E-state index contributed by atoms with van der Waals surface area (Å²) in [4.78, 5) is 7.93. The Balaban J connectivity index is 1.48. The summed E-state index contributed by atoms with van der Waals surface area (Å²) in [5, 5.41) is 19.1. The number of imidazole rings is 1. The fourth-order valence-corrected chi connectivity index (χ4v) is 3.93. The summed E-state index contributed by atoms with van der Waals surface area (Å²) in [6, 6.07) is 12.4. The van der Waals surface area contributed by atoms with Crippen LogP contribution in [0, 0.1) is 0 Å². The third kappa shape index (κ3) is 3.07. The highest BCUT2D eigenvalue weighted by Crippen LogP contribution is 2.28. The Labute approximate surface area is 162 Å². The molecule has 1 aliphatic carbocycles. The maximum Gasteiger partial charge on any atom is 0.154 e. The molecule has 3 N–H and O–H groups in total. The lowest BCUT2D eigenvalue weighted by Crippen LogP contribution is -2.28. The molecule has 1 fully saturated rings. The molecule has 144 valence electrons. The number of aliphatic hydroxyl groups is 1. The van der Waals surface area contributed by atoms with Gasteiger partial charge < -0.3 is 20.1 Å². The summed E-state index contributed by atoms with van der Waals surface area (Å²) < 4.78 is 7.18. The maximum atomic E-state index is 9.69. The number of anilines is 1. The van der Waals surface area contributed by atoms with Crippen molar-refractivity contribution < 1.29 is 9.84 Å². The molecule has 1 aromatic carbocycles. The first kappa shape index (κ1) is 17.1. The van der Waals surface area contributed by atoms with E-state index in [2.05, 4.69) is 21.4 Å². The number of nitrogens with one attached hydrogen (secondary N) is 2. The second-order valence-corrected chi connectivity index (χ2v) is 7.42. The van der Waals surface area contributed by atoms with Crippen LogP contribution in [0.15, 0.2) is 42.6 Å². The second-order valence-electron chi connectivity index (χ2n) is 7.42. The molecule has 3 heterocycles. The molecule has 5 rings (SSSR count). The largest absolute Gasteiger partial charge is 0.497 e. The van der Waals surface area contributed by atoms with Crippen LogP contribution >= 0.6 is 0 Å². The molecular formula is C21H23N5O2. The maximum absolute atomic E-state index is 9.69. The number of aromatic nitrogens is 4. The molecule has 0 saturated heterocycles. The number of hydrogen-bond acceptors (Lipinski definition) is 5. The summed E-state index contributed by atoms with van der Waals surface area (Å²) in [7, 11) is 1.67. The molecular weight excluding hydrogens is 354 g/mol. The Bertz CT molecular complexity index is 1120. The Morgan fingerprint density at radius 2 is 2.00 bits per heavy atom. The highest BCUT2D eigenvalue weighted by Gasteiger charge is 2.20. The minimum atomic E-state index is -0.158. The van der Waals surface area contributed by atoms with E-state index < -0.39 is 0 Å². The van der Waals surface area contributed by atoms with Gasteiger partial charge >= 0.3 is 0 Å². The van der Waals surface area contributed by atoms with Crippen molar-refractivity contribution in [3.8, 4) is 17.1 Å². The molecule has 0 amide bonds. The normalized spacial score (nSPS) is 19.9. The van der Waals surface area contributed by atoms with Gasteiger partial charge in [-0.25, -0.2) is 9.50 Å². The molecule has 28 heavy (non-hydrogen) atoms. The zero-order valence-corrected chi connectivity index (χ0v) is 15.7. The van der Waals surface area contributed by atoms with Crippen molar-refractivity contribution in [2.24, 2.45) is 0 Å². The van der Waals surface area contributed by atoms with Gasteiger partial charge in [0.2, 0.25) is 0 Å². The summed E-state index contributed by atoms with van der Waals surface area (Å²) in [5.74, 6) is 1.65. The minimum absolute atomic E-state index is 0.158. The number of methoxy groups -OCH3 is 1. The Kier molecular flexibility index (Phi) is 4.16. The Hall–Kier alpha value is -3.06. The van der Waals surface area contributed by atoms with Gasteiger partial charge in [-0.15, -0.1) is 5.10 Å². The number of aromatic amines is 1. The third-order valence-electron chi connectivity index (χ3n) is 5.52. The molecule has 3 aromatic heterocycles. The topological polar surface area (TPSA) is 87.5 Å². The summed E-state index contributed by atoms with van der Waals surface area (Å²) in [5.41, 5.74) is 3.68. The van der Waals surface area contributed by atoms with Gasteiger partial charge in [0, 0.05) is 23.0 Å². The lowest BCUT2D eigenvalue weighted by Gasteiger charge is -2.26. The highest BCUT2D eigenvalue weighted by atomic mass is 16.5. The van der Waals surface area contributed by atoms with Gasteiger partial charge in [0.05, 0.1) is 25.1 Å². The summed E-state index contributed by atoms with van der Waals surface area (Å²) in [6.07, 6.45) is 5.28. The average Bonchev–Trinajstić information content (AvgIpc) is 3.32. The number of H-pyrrole nitrogens is 1. The lowest BCUT2D eigenvalue weighted by atomic mass is 9.93. The molecule has 1 aliphatic rings. The van der Waals surface area contributed by atoms with Crippen LogP contribution in [0.2, 0.25) is 0 Å². The fraction of sp³-hybridized carbons (Fsp3) is 0.333. The van der Waals surface area contributed by atoms with Crippen molar-refractivity contribution in [2.75, 3.05) is 12.4 Å². The molecule has 0 radical (unpaired) electrons. The molecule has 0 aliphatic heterocycles. The standard InChI is InChI=1S/C21H23N5O2/c1-28-16-7-2-13-10-18(24-17(13)11-16)19-12-22-21-9-8-20(25-26(19)21)23-14-3-5-15(27)6-4-14/h2,7-12,14-15,24,27H,3-6H2,1H3,(H,23,25). The number of hydrogen-bond donors (Lipinski definition) is 3. The van der Waals surface area contributed by atoms with E-state index in [1.54, 1.807) is 7.11 Å². The number of benzene rings is 1. The molecule has 0 atom stereocenters. The van der Waals surface area contributed by atoms with Gasteiger partial charge in [0.25, 0.3) is 0 Å². The predicted molar refractivity (Wildman–Crippen MR) is 109 cm³/mol. The molecule has 7 nitrogen and oxygen atoms in total. The third-order valence-corrected chi connectivity index (χ3v) is 5.52. The Morgan fingerprint density at radius 1 is 1.14 bits per heavy atom. The summed E-state index contributed by atoms with van der Waals surface area (Å²) in [6.45, 7) is 0. The molecule has 4 aromatic rings. The van der Waals surface area contributed by atoms with Crippen molar-refractivity contribution in [1.29, 1.82) is 0 Å². The first-order chi connectivity index (χ1) is 13.7. The lowest BCUT2D eigenvalue weighted by molar-refractivity contribution is 0.126. The van der Waals surface area contributed by atoms with Crippen LogP contribution in [0.4, 0.5) is 5.82 Å². The van der Waals surface area contributed by atoms with Crippen LogP contribution in [-0.2, 0) is 0 Å². The van der Waals surface area contributed by atoms with Crippen LogP contribution in [-0.4, -0.2) is 43.9 Å². The fourth-order valence-electron chi connectivity index (χ4n) is 3.93. The quantitative estimate of drug-likeness (QED) is 0.506. The second kappa shape index (κ2) is 6.83. The minimum Gasteiger partial charge on any atom is -0.497 e. The van der Waals surface area contributed by atoms with Crippen molar-refractivity contribution in [1.82, 2.24) is 19.6 Å². The number of nitrogens with zero attached hydrogens (tertiary/aromatic N) is 3. The van der Waals surface area contributed by atoms with E-state index in [0.29, 0.717) is 6.04 Å². The first-order valence-electron chi connectivity index (χ1n) is 9.66. The summed E-state index contributed by atoms with van der Waals surface area (Å²) >= 11 is 0. The van der Waals surface area contributed by atoms with Gasteiger partial charge in [-0.1, -0.05) is 0 Å². The number of aliphatic hydroxyl groups excluding tert-OH is 1. The molecule has 0 bridgehead atoms. The molecule has 0 unspecified atom stereocenters. The van der Waals surface area contributed by atoms with E-state index in [1.165, 1.54) is 0 Å². The van der Waals surface area contributed by atoms with E-state index in [9.17, 15) is 5.11 Å². The van der Waals surface area contributed by atoms with Crippen molar-refractivity contribution >= 4 is 22.4 Å². The first-order valence-corrected chi connectivity index (χ1v) is 9.66. The van der Waals surface area contributed by atoms with Crippen molar-refractivity contribution in [3.63, 3.8) is 0 Å². The van der Waals surface area contributed by atoms with E-state index in [0.717, 1.165) is 65.2 Å². The predicted octanol–water partition coefficient (Wildman–Crippen LogP) is 3.60. The van der Waals surface area contributed by atoms with E-state index >= 15 is 0 Å². The molecule has 1 saturated carbocycles. The van der Waals surface area contributed by atoms with E-state index in [1.807, 2.05) is 41.0 Å². The van der Waals surface area contributed by atoms with Gasteiger partial charge in [-0.2, -0.15) is 0 Å². The van der Waals surface area contributed by atoms with E-state index in [-0.39, 0.29) is 6.10 Å². The molecule has 7 heteroatoms.